The standard InChI is InChI=1S/C13H17N3O3S.2ClH/c1-18-7-5-14-3-4-15-12(17)11-9-20-13(16-11)10-2-6-19-8-10;;/h2,6,8-9,14H,3-5,7H2,1H3,(H,15,17);2*1H. The van der Waals surface area contributed by atoms with E-state index in [0.717, 1.165) is 17.1 Å². The fourth-order valence-corrected chi connectivity index (χ4v) is 2.34. The van der Waals surface area contributed by atoms with Gasteiger partial charge in [0.2, 0.25) is 0 Å². The summed E-state index contributed by atoms with van der Waals surface area (Å²) in [5.74, 6) is -0.162. The van der Waals surface area contributed by atoms with Crippen LogP contribution >= 0.6 is 36.2 Å². The minimum absolute atomic E-state index is 0. The Balaban J connectivity index is 0.00000220. The lowest BCUT2D eigenvalue weighted by atomic mass is 10.3. The Morgan fingerprint density at radius 2 is 2.18 bits per heavy atom. The Morgan fingerprint density at radius 3 is 2.86 bits per heavy atom. The first-order valence-corrected chi connectivity index (χ1v) is 7.15. The molecule has 2 rings (SSSR count). The molecule has 0 aliphatic heterocycles. The van der Waals surface area contributed by atoms with Crippen LogP contribution in [0, 0.1) is 0 Å². The number of hydrogen-bond donors (Lipinski definition) is 2. The largest absolute Gasteiger partial charge is 0.472 e. The van der Waals surface area contributed by atoms with Gasteiger partial charge in [0.1, 0.15) is 17.0 Å². The number of rotatable bonds is 8. The third-order valence-corrected chi connectivity index (χ3v) is 3.47. The van der Waals surface area contributed by atoms with Gasteiger partial charge >= 0.3 is 0 Å². The first-order chi connectivity index (χ1) is 9.81. The predicted molar refractivity (Wildman–Crippen MR) is 91.4 cm³/mol. The summed E-state index contributed by atoms with van der Waals surface area (Å²) in [7, 11) is 1.66. The van der Waals surface area contributed by atoms with E-state index in [1.165, 1.54) is 11.3 Å². The molecule has 0 aliphatic carbocycles. The van der Waals surface area contributed by atoms with Crippen LogP contribution < -0.4 is 10.6 Å². The summed E-state index contributed by atoms with van der Waals surface area (Å²) in [4.78, 5) is 16.2. The number of furan rings is 1. The van der Waals surface area contributed by atoms with Crippen molar-refractivity contribution in [1.82, 2.24) is 15.6 Å². The molecule has 1 amide bonds. The summed E-state index contributed by atoms with van der Waals surface area (Å²) in [6.45, 7) is 2.69. The molecule has 0 unspecified atom stereocenters. The maximum absolute atomic E-state index is 11.9. The van der Waals surface area contributed by atoms with Gasteiger partial charge in [-0.25, -0.2) is 4.98 Å². The average molecular weight is 368 g/mol. The van der Waals surface area contributed by atoms with Crippen LogP contribution in [0.1, 0.15) is 10.5 Å². The van der Waals surface area contributed by atoms with Gasteiger partial charge in [-0.3, -0.25) is 4.79 Å². The smallest absolute Gasteiger partial charge is 0.270 e. The highest BCUT2D eigenvalue weighted by Crippen LogP contribution is 2.23. The highest BCUT2D eigenvalue weighted by Gasteiger charge is 2.11. The molecule has 2 heterocycles. The number of hydrogen-bond acceptors (Lipinski definition) is 6. The Kier molecular flexibility index (Phi) is 10.9. The number of halogens is 2. The lowest BCUT2D eigenvalue weighted by molar-refractivity contribution is 0.0949. The van der Waals surface area contributed by atoms with Crippen LogP contribution in [-0.2, 0) is 4.74 Å². The van der Waals surface area contributed by atoms with Crippen molar-refractivity contribution in [2.75, 3.05) is 33.4 Å². The molecule has 0 saturated carbocycles. The van der Waals surface area contributed by atoms with Crippen LogP contribution in [0.15, 0.2) is 28.4 Å². The number of nitrogens with one attached hydrogen (secondary N) is 2. The molecular formula is C13H19Cl2N3O3S. The van der Waals surface area contributed by atoms with Crippen molar-refractivity contribution in [3.63, 3.8) is 0 Å². The molecule has 0 fully saturated rings. The average Bonchev–Trinajstić information content (AvgIpc) is 3.12. The molecule has 0 radical (unpaired) electrons. The van der Waals surface area contributed by atoms with Crippen molar-refractivity contribution in [2.24, 2.45) is 0 Å². The number of nitrogens with zero attached hydrogens (tertiary/aromatic N) is 1. The van der Waals surface area contributed by atoms with E-state index in [4.69, 9.17) is 9.15 Å². The molecule has 0 aromatic carbocycles. The number of carbonyl (C=O) groups is 1. The number of ether oxygens (including phenoxy) is 1. The third kappa shape index (κ3) is 6.33. The van der Waals surface area contributed by atoms with Gasteiger partial charge in [-0.2, -0.15) is 0 Å². The quantitative estimate of drug-likeness (QED) is 0.699. The van der Waals surface area contributed by atoms with E-state index in [1.54, 1.807) is 25.0 Å². The summed E-state index contributed by atoms with van der Waals surface area (Å²) >= 11 is 1.42. The molecule has 0 spiro atoms. The van der Waals surface area contributed by atoms with E-state index in [9.17, 15) is 4.79 Å². The Bertz CT molecular complexity index is 534. The fraction of sp³-hybridized carbons (Fsp3) is 0.385. The molecule has 22 heavy (non-hydrogen) atoms. The summed E-state index contributed by atoms with van der Waals surface area (Å²) in [5.41, 5.74) is 1.32. The predicted octanol–water partition coefficient (Wildman–Crippen LogP) is 2.21. The second kappa shape index (κ2) is 11.4. The van der Waals surface area contributed by atoms with Crippen molar-refractivity contribution < 1.29 is 13.9 Å². The summed E-state index contributed by atoms with van der Waals surface area (Å²) in [6, 6.07) is 1.82. The molecule has 6 nitrogen and oxygen atoms in total. The number of amides is 1. The van der Waals surface area contributed by atoms with Gasteiger partial charge in [0.25, 0.3) is 5.91 Å². The van der Waals surface area contributed by atoms with Gasteiger partial charge in [-0.1, -0.05) is 0 Å². The molecule has 0 aliphatic rings. The molecule has 124 valence electrons. The zero-order valence-corrected chi connectivity index (χ0v) is 14.5. The van der Waals surface area contributed by atoms with Crippen molar-refractivity contribution in [2.45, 2.75) is 0 Å². The monoisotopic (exact) mass is 367 g/mol. The fourth-order valence-electron chi connectivity index (χ4n) is 1.55. The zero-order chi connectivity index (χ0) is 14.2. The van der Waals surface area contributed by atoms with Gasteiger partial charge in [0, 0.05) is 37.7 Å². The number of aromatic nitrogens is 1. The highest BCUT2D eigenvalue weighted by molar-refractivity contribution is 7.13. The van der Waals surface area contributed by atoms with E-state index < -0.39 is 0 Å². The van der Waals surface area contributed by atoms with Crippen LogP contribution in [0.5, 0.6) is 0 Å². The molecule has 9 heteroatoms. The lowest BCUT2D eigenvalue weighted by Crippen LogP contribution is -2.33. The maximum Gasteiger partial charge on any atom is 0.270 e. The minimum Gasteiger partial charge on any atom is -0.472 e. The van der Waals surface area contributed by atoms with Gasteiger partial charge in [-0.05, 0) is 6.07 Å². The summed E-state index contributed by atoms with van der Waals surface area (Å²) < 4.78 is 9.91. The van der Waals surface area contributed by atoms with Crippen LogP contribution in [0.3, 0.4) is 0 Å². The minimum atomic E-state index is -0.162. The number of methoxy groups -OCH3 is 1. The van der Waals surface area contributed by atoms with Gasteiger partial charge in [0.15, 0.2) is 0 Å². The molecule has 2 aromatic heterocycles. The highest BCUT2D eigenvalue weighted by atomic mass is 35.5. The molecule has 0 saturated heterocycles. The second-order valence-corrected chi connectivity index (χ2v) is 4.91. The zero-order valence-electron chi connectivity index (χ0n) is 12.0. The maximum atomic E-state index is 11.9. The lowest BCUT2D eigenvalue weighted by Gasteiger charge is -2.04. The number of thiazole rings is 1. The number of carbonyl (C=O) groups excluding carboxylic acids is 1. The Morgan fingerprint density at radius 1 is 1.36 bits per heavy atom. The Labute approximate surface area is 145 Å². The van der Waals surface area contributed by atoms with Crippen molar-refractivity contribution in [3.05, 3.63) is 29.7 Å². The van der Waals surface area contributed by atoms with E-state index in [-0.39, 0.29) is 30.7 Å². The van der Waals surface area contributed by atoms with E-state index >= 15 is 0 Å². The first kappa shape index (κ1) is 20.9. The van der Waals surface area contributed by atoms with E-state index in [1.807, 2.05) is 6.07 Å². The van der Waals surface area contributed by atoms with Gasteiger partial charge < -0.3 is 19.8 Å². The topological polar surface area (TPSA) is 76.4 Å². The van der Waals surface area contributed by atoms with Crippen LogP contribution in [0.4, 0.5) is 0 Å². The molecule has 0 atom stereocenters. The van der Waals surface area contributed by atoms with Gasteiger partial charge in [0.05, 0.1) is 12.9 Å². The Hall–Kier alpha value is -1.12. The van der Waals surface area contributed by atoms with Crippen molar-refractivity contribution in [1.29, 1.82) is 0 Å². The summed E-state index contributed by atoms with van der Waals surface area (Å²) in [5, 5.41) is 8.49. The van der Waals surface area contributed by atoms with Crippen molar-refractivity contribution in [3.8, 4) is 10.6 Å². The molecule has 2 aromatic rings. The van der Waals surface area contributed by atoms with Crippen LogP contribution in [0.2, 0.25) is 0 Å². The SMILES string of the molecule is COCCNCCNC(=O)c1csc(-c2ccoc2)n1.Cl.Cl. The third-order valence-electron chi connectivity index (χ3n) is 2.58. The van der Waals surface area contributed by atoms with E-state index in [0.29, 0.717) is 25.4 Å². The normalized spacial score (nSPS) is 9.68. The first-order valence-electron chi connectivity index (χ1n) is 6.27. The second-order valence-electron chi connectivity index (χ2n) is 4.05. The van der Waals surface area contributed by atoms with E-state index in [2.05, 4.69) is 15.6 Å². The van der Waals surface area contributed by atoms with Crippen LogP contribution in [0.25, 0.3) is 10.6 Å². The molecule has 0 bridgehead atoms. The van der Waals surface area contributed by atoms with Crippen LogP contribution in [-0.4, -0.2) is 44.2 Å². The molecular weight excluding hydrogens is 349 g/mol. The van der Waals surface area contributed by atoms with Crippen molar-refractivity contribution >= 4 is 42.1 Å². The van der Waals surface area contributed by atoms with Gasteiger partial charge in [-0.15, -0.1) is 36.2 Å². The molecule has 2 N–H and O–H groups in total. The summed E-state index contributed by atoms with van der Waals surface area (Å²) in [6.07, 6.45) is 3.20.